The number of benzene rings is 2. The minimum atomic E-state index is -0.432. The van der Waals surface area contributed by atoms with Crippen LogP contribution in [0.5, 0.6) is 0 Å². The van der Waals surface area contributed by atoms with Gasteiger partial charge in [-0.25, -0.2) is 4.39 Å². The first kappa shape index (κ1) is 20.2. The van der Waals surface area contributed by atoms with Crippen molar-refractivity contribution in [3.05, 3.63) is 94.1 Å². The first-order valence-corrected chi connectivity index (χ1v) is 9.21. The minimum absolute atomic E-state index is 0.0453. The molecule has 2 amide bonds. The van der Waals surface area contributed by atoms with Gasteiger partial charge in [-0.15, -0.1) is 0 Å². The summed E-state index contributed by atoms with van der Waals surface area (Å²) in [6.45, 7) is 5.91. The maximum atomic E-state index is 13.7. The van der Waals surface area contributed by atoms with Crippen molar-refractivity contribution in [2.24, 2.45) is 0 Å². The van der Waals surface area contributed by atoms with Crippen molar-refractivity contribution in [3.63, 3.8) is 0 Å². The highest BCUT2D eigenvalue weighted by Gasteiger charge is 2.14. The topological polar surface area (TPSA) is 71.1 Å². The zero-order valence-electron chi connectivity index (χ0n) is 16.5. The second-order valence-electron chi connectivity index (χ2n) is 6.96. The van der Waals surface area contributed by atoms with Crippen LogP contribution < -0.4 is 10.6 Å². The second-order valence-corrected chi connectivity index (χ2v) is 6.96. The van der Waals surface area contributed by atoms with E-state index >= 15 is 0 Å². The highest BCUT2D eigenvalue weighted by molar-refractivity contribution is 6.06. The van der Waals surface area contributed by atoms with Crippen molar-refractivity contribution >= 4 is 17.5 Å². The van der Waals surface area contributed by atoms with Crippen molar-refractivity contribution < 1.29 is 14.0 Å². The predicted molar refractivity (Wildman–Crippen MR) is 110 cm³/mol. The highest BCUT2D eigenvalue weighted by atomic mass is 19.1. The van der Waals surface area contributed by atoms with E-state index in [0.29, 0.717) is 5.56 Å². The molecule has 0 saturated carbocycles. The molecule has 2 aromatic carbocycles. The number of rotatable bonds is 5. The third-order valence-corrected chi connectivity index (χ3v) is 4.58. The second kappa shape index (κ2) is 8.65. The van der Waals surface area contributed by atoms with Gasteiger partial charge in [0, 0.05) is 30.2 Å². The molecule has 1 aromatic heterocycles. The lowest BCUT2D eigenvalue weighted by Crippen LogP contribution is -2.24. The maximum absolute atomic E-state index is 13.7. The molecule has 3 rings (SSSR count). The number of aryl methyl sites for hydroxylation is 3. The van der Waals surface area contributed by atoms with E-state index in [4.69, 9.17) is 0 Å². The van der Waals surface area contributed by atoms with Crippen LogP contribution in [0.15, 0.2) is 54.9 Å². The lowest BCUT2D eigenvalue weighted by Gasteiger charge is -2.13. The normalized spacial score (nSPS) is 10.5. The van der Waals surface area contributed by atoms with Crippen molar-refractivity contribution in [1.29, 1.82) is 0 Å². The molecule has 3 aromatic rings. The summed E-state index contributed by atoms with van der Waals surface area (Å²) in [5.74, 6) is -1.17. The van der Waals surface area contributed by atoms with E-state index in [1.807, 2.05) is 32.9 Å². The Morgan fingerprint density at radius 2 is 1.55 bits per heavy atom. The van der Waals surface area contributed by atoms with Gasteiger partial charge in [0.05, 0.1) is 11.1 Å². The van der Waals surface area contributed by atoms with Gasteiger partial charge in [-0.1, -0.05) is 35.9 Å². The Labute approximate surface area is 169 Å². The number of nitrogens with zero attached hydrogens (tertiary/aromatic N) is 1. The standard InChI is InChI=1S/C23H22FN3O2/c1-14-8-15(2)21(16(3)9-14)27-23(29)19-10-18(11-25-12-19)22(28)26-13-17-6-4-5-7-20(17)24/h4-12H,13H2,1-3H3,(H,26,28)(H,27,29). The van der Waals surface area contributed by atoms with E-state index in [1.54, 1.807) is 18.2 Å². The number of halogens is 1. The predicted octanol–water partition coefficient (Wildman–Crippen LogP) is 4.33. The van der Waals surface area contributed by atoms with Crippen molar-refractivity contribution in [3.8, 4) is 0 Å². The Morgan fingerprint density at radius 1 is 0.931 bits per heavy atom. The monoisotopic (exact) mass is 391 g/mol. The molecule has 2 N–H and O–H groups in total. The third kappa shape index (κ3) is 4.85. The van der Waals surface area contributed by atoms with Gasteiger partial charge >= 0.3 is 0 Å². The van der Waals surface area contributed by atoms with Crippen LogP contribution in [0.3, 0.4) is 0 Å². The quantitative estimate of drug-likeness (QED) is 0.680. The summed E-state index contributed by atoms with van der Waals surface area (Å²) in [6, 6.07) is 11.7. The number of pyridine rings is 1. The van der Waals surface area contributed by atoms with Gasteiger partial charge in [-0.2, -0.15) is 0 Å². The van der Waals surface area contributed by atoms with E-state index < -0.39 is 5.91 Å². The lowest BCUT2D eigenvalue weighted by molar-refractivity contribution is 0.0950. The molecule has 29 heavy (non-hydrogen) atoms. The van der Waals surface area contributed by atoms with Gasteiger partial charge in [0.1, 0.15) is 5.82 Å². The number of nitrogens with one attached hydrogen (secondary N) is 2. The summed E-state index contributed by atoms with van der Waals surface area (Å²) in [5, 5.41) is 5.54. The van der Waals surface area contributed by atoms with Crippen LogP contribution in [-0.4, -0.2) is 16.8 Å². The van der Waals surface area contributed by atoms with Gasteiger partial charge in [0.25, 0.3) is 11.8 Å². The fourth-order valence-corrected chi connectivity index (χ4v) is 3.17. The van der Waals surface area contributed by atoms with Gasteiger partial charge in [-0.3, -0.25) is 14.6 Å². The Morgan fingerprint density at radius 3 is 2.21 bits per heavy atom. The Balaban J connectivity index is 1.72. The number of hydrogen-bond acceptors (Lipinski definition) is 3. The van der Waals surface area contributed by atoms with Gasteiger partial charge in [0.15, 0.2) is 0 Å². The molecule has 0 spiro atoms. The molecule has 1 heterocycles. The zero-order valence-corrected chi connectivity index (χ0v) is 16.5. The van der Waals surface area contributed by atoms with Crippen LogP contribution in [0.4, 0.5) is 10.1 Å². The van der Waals surface area contributed by atoms with E-state index in [-0.39, 0.29) is 29.4 Å². The summed E-state index contributed by atoms with van der Waals surface area (Å²) in [6.07, 6.45) is 2.78. The Hall–Kier alpha value is -3.54. The summed E-state index contributed by atoms with van der Waals surface area (Å²) in [7, 11) is 0. The molecule has 0 saturated heterocycles. The first-order chi connectivity index (χ1) is 13.8. The molecule has 0 radical (unpaired) electrons. The molecule has 0 bridgehead atoms. The molecule has 148 valence electrons. The fourth-order valence-electron chi connectivity index (χ4n) is 3.17. The molecule has 0 aliphatic rings. The van der Waals surface area contributed by atoms with E-state index in [2.05, 4.69) is 15.6 Å². The summed E-state index contributed by atoms with van der Waals surface area (Å²) in [5.41, 5.74) is 4.66. The molecule has 0 unspecified atom stereocenters. The van der Waals surface area contributed by atoms with Crippen LogP contribution in [-0.2, 0) is 6.54 Å². The Kier molecular flexibility index (Phi) is 6.02. The molecule has 0 aliphatic carbocycles. The molecule has 0 atom stereocenters. The van der Waals surface area contributed by atoms with Crippen LogP contribution in [0.2, 0.25) is 0 Å². The molecule has 0 fully saturated rings. The van der Waals surface area contributed by atoms with Crippen LogP contribution >= 0.6 is 0 Å². The van der Waals surface area contributed by atoms with Crippen molar-refractivity contribution in [1.82, 2.24) is 10.3 Å². The zero-order chi connectivity index (χ0) is 21.0. The molecular formula is C23H22FN3O2. The van der Waals surface area contributed by atoms with E-state index in [9.17, 15) is 14.0 Å². The SMILES string of the molecule is Cc1cc(C)c(NC(=O)c2cncc(C(=O)NCc3ccccc3F)c2)c(C)c1. The highest BCUT2D eigenvalue weighted by Crippen LogP contribution is 2.22. The smallest absolute Gasteiger partial charge is 0.257 e. The largest absolute Gasteiger partial charge is 0.348 e. The summed E-state index contributed by atoms with van der Waals surface area (Å²) < 4.78 is 13.7. The molecule has 6 heteroatoms. The van der Waals surface area contributed by atoms with Gasteiger partial charge in [-0.05, 0) is 44.0 Å². The number of aromatic nitrogens is 1. The first-order valence-electron chi connectivity index (χ1n) is 9.21. The van der Waals surface area contributed by atoms with Crippen molar-refractivity contribution in [2.75, 3.05) is 5.32 Å². The average Bonchev–Trinajstić information content (AvgIpc) is 2.69. The molecule has 5 nitrogen and oxygen atoms in total. The number of carbonyl (C=O) groups excluding carboxylic acids is 2. The van der Waals surface area contributed by atoms with Gasteiger partial charge < -0.3 is 10.6 Å². The third-order valence-electron chi connectivity index (χ3n) is 4.58. The van der Waals surface area contributed by atoms with E-state index in [0.717, 1.165) is 22.4 Å². The lowest BCUT2D eigenvalue weighted by atomic mass is 10.0. The number of amides is 2. The average molecular weight is 391 g/mol. The van der Waals surface area contributed by atoms with E-state index in [1.165, 1.54) is 24.5 Å². The minimum Gasteiger partial charge on any atom is -0.348 e. The Bertz CT molecular complexity index is 1060. The fraction of sp³-hybridized carbons (Fsp3) is 0.174. The number of carbonyl (C=O) groups is 2. The number of hydrogen-bond donors (Lipinski definition) is 2. The molecule has 0 aliphatic heterocycles. The maximum Gasteiger partial charge on any atom is 0.257 e. The van der Waals surface area contributed by atoms with Crippen LogP contribution in [0, 0.1) is 26.6 Å². The van der Waals surface area contributed by atoms with Crippen LogP contribution in [0.1, 0.15) is 43.0 Å². The summed E-state index contributed by atoms with van der Waals surface area (Å²) >= 11 is 0. The summed E-state index contributed by atoms with van der Waals surface area (Å²) in [4.78, 5) is 29.1. The van der Waals surface area contributed by atoms with Gasteiger partial charge in [0.2, 0.25) is 0 Å². The van der Waals surface area contributed by atoms with Crippen molar-refractivity contribution in [2.45, 2.75) is 27.3 Å². The van der Waals surface area contributed by atoms with Crippen LogP contribution in [0.25, 0.3) is 0 Å². The molecular weight excluding hydrogens is 369 g/mol. The number of anilines is 1.